The number of likely N-dealkylation sites (tertiary alicyclic amines) is 1. The molecule has 1 amide bonds. The van der Waals surface area contributed by atoms with Crippen molar-refractivity contribution in [3.63, 3.8) is 0 Å². The number of carbonyl (C=O) groups is 1. The van der Waals surface area contributed by atoms with Crippen LogP contribution in [0.2, 0.25) is 0 Å². The van der Waals surface area contributed by atoms with E-state index in [1.807, 2.05) is 4.90 Å². The van der Waals surface area contributed by atoms with Crippen LogP contribution in [-0.4, -0.2) is 44.9 Å². The fourth-order valence-electron chi connectivity index (χ4n) is 2.62. The largest absolute Gasteiger partial charge is 0.335 e. The monoisotopic (exact) mass is 303 g/mol. The first-order valence-electron chi connectivity index (χ1n) is 6.93. The van der Waals surface area contributed by atoms with Crippen LogP contribution in [0.25, 0.3) is 10.8 Å². The van der Waals surface area contributed by atoms with Gasteiger partial charge in [0.15, 0.2) is 10.8 Å². The molecule has 1 saturated heterocycles. The van der Waals surface area contributed by atoms with E-state index in [-0.39, 0.29) is 11.9 Å². The van der Waals surface area contributed by atoms with E-state index in [1.165, 1.54) is 11.3 Å². The minimum Gasteiger partial charge on any atom is -0.335 e. The fourth-order valence-corrected chi connectivity index (χ4v) is 3.44. The van der Waals surface area contributed by atoms with Crippen LogP contribution in [0.1, 0.15) is 23.0 Å². The quantitative estimate of drug-likeness (QED) is 0.926. The summed E-state index contributed by atoms with van der Waals surface area (Å²) in [6.07, 6.45) is 5.91. The van der Waals surface area contributed by atoms with E-state index < -0.39 is 0 Å². The van der Waals surface area contributed by atoms with E-state index >= 15 is 0 Å². The van der Waals surface area contributed by atoms with Gasteiger partial charge in [0.1, 0.15) is 4.88 Å². The second kappa shape index (κ2) is 5.87. The lowest BCUT2D eigenvalue weighted by Crippen LogP contribution is -2.33. The smallest absolute Gasteiger partial charge is 0.265 e. The molecule has 0 saturated carbocycles. The van der Waals surface area contributed by atoms with Gasteiger partial charge < -0.3 is 10.6 Å². The third-order valence-corrected chi connectivity index (χ3v) is 4.71. The highest BCUT2D eigenvalue weighted by Crippen LogP contribution is 2.28. The molecule has 0 bridgehead atoms. The zero-order valence-electron chi connectivity index (χ0n) is 11.8. The molecule has 0 aromatic carbocycles. The number of aromatic nitrogens is 3. The molecule has 2 aromatic rings. The Morgan fingerprint density at radius 3 is 2.86 bits per heavy atom. The van der Waals surface area contributed by atoms with Gasteiger partial charge in [-0.1, -0.05) is 0 Å². The van der Waals surface area contributed by atoms with Crippen LogP contribution in [0.3, 0.4) is 0 Å². The van der Waals surface area contributed by atoms with Crippen LogP contribution in [0.5, 0.6) is 0 Å². The van der Waals surface area contributed by atoms with E-state index in [9.17, 15) is 4.79 Å². The predicted molar refractivity (Wildman–Crippen MR) is 80.8 cm³/mol. The van der Waals surface area contributed by atoms with Crippen molar-refractivity contribution in [3.05, 3.63) is 29.5 Å². The molecule has 21 heavy (non-hydrogen) atoms. The summed E-state index contributed by atoms with van der Waals surface area (Å²) >= 11 is 1.33. The normalized spacial score (nSPS) is 21.7. The summed E-state index contributed by atoms with van der Waals surface area (Å²) in [5, 5.41) is 0.668. The Bertz CT molecular complexity index is 629. The summed E-state index contributed by atoms with van der Waals surface area (Å²) in [5.41, 5.74) is 5.71. The van der Waals surface area contributed by atoms with Crippen molar-refractivity contribution in [3.8, 4) is 10.8 Å². The number of thiazole rings is 1. The van der Waals surface area contributed by atoms with Gasteiger partial charge in [-0.25, -0.2) is 15.0 Å². The molecule has 1 fully saturated rings. The average molecular weight is 303 g/mol. The van der Waals surface area contributed by atoms with Gasteiger partial charge in [0.25, 0.3) is 5.91 Å². The molecule has 2 atom stereocenters. The van der Waals surface area contributed by atoms with Gasteiger partial charge in [-0.2, -0.15) is 0 Å². The number of amides is 1. The molecule has 2 unspecified atom stereocenters. The Labute approximate surface area is 127 Å². The molecule has 110 valence electrons. The summed E-state index contributed by atoms with van der Waals surface area (Å²) in [4.78, 5) is 27.7. The predicted octanol–water partition coefficient (Wildman–Crippen LogP) is 1.41. The summed E-state index contributed by atoms with van der Waals surface area (Å²) in [6, 6.07) is 1.98. The Hall–Kier alpha value is -1.86. The molecule has 3 heterocycles. The van der Waals surface area contributed by atoms with Crippen molar-refractivity contribution < 1.29 is 4.79 Å². The van der Waals surface area contributed by atoms with Gasteiger partial charge in [-0.3, -0.25) is 4.79 Å². The number of hydrogen-bond acceptors (Lipinski definition) is 6. The molecule has 0 radical (unpaired) electrons. The number of carbonyl (C=O) groups excluding carboxylic acids is 1. The van der Waals surface area contributed by atoms with E-state index in [2.05, 4.69) is 21.9 Å². The number of nitrogens with two attached hydrogens (primary N) is 1. The first-order chi connectivity index (χ1) is 10.2. The second-order valence-corrected chi connectivity index (χ2v) is 6.28. The Morgan fingerprint density at radius 1 is 1.43 bits per heavy atom. The van der Waals surface area contributed by atoms with Gasteiger partial charge in [0.2, 0.25) is 0 Å². The van der Waals surface area contributed by atoms with Crippen LogP contribution in [-0.2, 0) is 0 Å². The molecule has 2 N–H and O–H groups in total. The zero-order valence-corrected chi connectivity index (χ0v) is 12.6. The maximum Gasteiger partial charge on any atom is 0.265 e. The van der Waals surface area contributed by atoms with Crippen molar-refractivity contribution in [1.29, 1.82) is 0 Å². The highest BCUT2D eigenvalue weighted by atomic mass is 32.1. The first kappa shape index (κ1) is 14.1. The minimum absolute atomic E-state index is 0.0260. The van der Waals surface area contributed by atoms with Crippen LogP contribution in [0.15, 0.2) is 24.7 Å². The highest BCUT2D eigenvalue weighted by molar-refractivity contribution is 7.16. The van der Waals surface area contributed by atoms with Gasteiger partial charge in [0, 0.05) is 25.0 Å². The topological polar surface area (TPSA) is 85.0 Å². The van der Waals surface area contributed by atoms with Crippen molar-refractivity contribution in [2.75, 3.05) is 13.1 Å². The van der Waals surface area contributed by atoms with Crippen LogP contribution in [0, 0.1) is 5.92 Å². The third-order valence-electron chi connectivity index (χ3n) is 3.73. The Kier molecular flexibility index (Phi) is 3.94. The van der Waals surface area contributed by atoms with Crippen molar-refractivity contribution >= 4 is 17.2 Å². The van der Waals surface area contributed by atoms with Gasteiger partial charge in [-0.15, -0.1) is 11.3 Å². The SMILES string of the molecule is CC1CC(CN)CN1C(=O)c1cnc(-c2ncccn2)s1. The van der Waals surface area contributed by atoms with E-state index in [1.54, 1.807) is 24.7 Å². The standard InChI is InChI=1S/C14H17N5OS/c1-9-5-10(6-15)8-19(9)14(20)11-7-18-13(21-11)12-16-3-2-4-17-12/h2-4,7,9-10H,5-6,8,15H2,1H3. The van der Waals surface area contributed by atoms with Gasteiger partial charge >= 0.3 is 0 Å². The summed E-state index contributed by atoms with van der Waals surface area (Å²) in [6.45, 7) is 3.42. The van der Waals surface area contributed by atoms with Gasteiger partial charge in [0.05, 0.1) is 6.20 Å². The lowest BCUT2D eigenvalue weighted by Gasteiger charge is -2.20. The molecule has 3 rings (SSSR count). The average Bonchev–Trinajstić information content (AvgIpc) is 3.14. The molecular weight excluding hydrogens is 286 g/mol. The molecule has 2 aromatic heterocycles. The molecule has 1 aliphatic rings. The maximum absolute atomic E-state index is 12.6. The molecule has 0 aliphatic carbocycles. The first-order valence-corrected chi connectivity index (χ1v) is 7.75. The minimum atomic E-state index is 0.0260. The second-order valence-electron chi connectivity index (χ2n) is 5.25. The van der Waals surface area contributed by atoms with Crippen LogP contribution in [0.4, 0.5) is 0 Å². The molecule has 0 spiro atoms. The van der Waals surface area contributed by atoms with E-state index in [0.29, 0.717) is 28.2 Å². The summed E-state index contributed by atoms with van der Waals surface area (Å²) < 4.78 is 0. The molecule has 7 heteroatoms. The third kappa shape index (κ3) is 2.79. The van der Waals surface area contributed by atoms with Crippen molar-refractivity contribution in [1.82, 2.24) is 19.9 Å². The van der Waals surface area contributed by atoms with Crippen molar-refractivity contribution in [2.24, 2.45) is 11.7 Å². The number of hydrogen-bond donors (Lipinski definition) is 1. The van der Waals surface area contributed by atoms with Crippen molar-refractivity contribution in [2.45, 2.75) is 19.4 Å². The lowest BCUT2D eigenvalue weighted by molar-refractivity contribution is 0.0748. The fraction of sp³-hybridized carbons (Fsp3) is 0.429. The summed E-state index contributed by atoms with van der Waals surface area (Å²) in [7, 11) is 0. The maximum atomic E-state index is 12.6. The van der Waals surface area contributed by atoms with Gasteiger partial charge in [-0.05, 0) is 31.9 Å². The molecular formula is C14H17N5OS. The summed E-state index contributed by atoms with van der Waals surface area (Å²) in [5.74, 6) is 0.975. The Morgan fingerprint density at radius 2 is 2.19 bits per heavy atom. The number of nitrogens with zero attached hydrogens (tertiary/aromatic N) is 4. The molecule has 6 nitrogen and oxygen atoms in total. The molecule has 1 aliphatic heterocycles. The zero-order chi connectivity index (χ0) is 14.8. The van der Waals surface area contributed by atoms with E-state index in [0.717, 1.165) is 13.0 Å². The van der Waals surface area contributed by atoms with Crippen LogP contribution >= 0.6 is 11.3 Å². The Balaban J connectivity index is 1.79. The highest BCUT2D eigenvalue weighted by Gasteiger charge is 2.33. The van der Waals surface area contributed by atoms with E-state index in [4.69, 9.17) is 5.73 Å². The van der Waals surface area contributed by atoms with Crippen LogP contribution < -0.4 is 5.73 Å². The lowest BCUT2D eigenvalue weighted by atomic mass is 10.1. The number of rotatable bonds is 3.